The number of rotatable bonds is 3. The highest BCUT2D eigenvalue weighted by Gasteiger charge is 2.01. The summed E-state index contributed by atoms with van der Waals surface area (Å²) >= 11 is 0. The van der Waals surface area contributed by atoms with Gasteiger partial charge in [-0.2, -0.15) is 0 Å². The molecular weight excluding hydrogens is 182 g/mol. The van der Waals surface area contributed by atoms with Crippen molar-refractivity contribution in [3.63, 3.8) is 0 Å². The number of hydrogen-bond acceptors (Lipinski definition) is 1. The molecule has 15 heavy (non-hydrogen) atoms. The van der Waals surface area contributed by atoms with Crippen LogP contribution in [0.2, 0.25) is 0 Å². The lowest BCUT2D eigenvalue weighted by Gasteiger charge is -2.07. The van der Waals surface area contributed by atoms with Gasteiger partial charge >= 0.3 is 0 Å². The minimum absolute atomic E-state index is 0.462. The molecular formula is C14H31N. The smallest absolute Gasteiger partial charge is 0.0356 e. The van der Waals surface area contributed by atoms with Gasteiger partial charge in [-0.25, -0.2) is 0 Å². The second-order valence-corrected chi connectivity index (χ2v) is 3.55. The van der Waals surface area contributed by atoms with Gasteiger partial charge in [-0.05, 0) is 18.8 Å². The number of allylic oxidation sites excluding steroid dienone is 1. The van der Waals surface area contributed by atoms with Crippen LogP contribution in [0.3, 0.4) is 0 Å². The molecule has 0 rings (SSSR count). The molecule has 0 aliphatic carbocycles. The van der Waals surface area contributed by atoms with E-state index in [2.05, 4.69) is 46.2 Å². The van der Waals surface area contributed by atoms with E-state index >= 15 is 0 Å². The van der Waals surface area contributed by atoms with Crippen LogP contribution in [0.5, 0.6) is 0 Å². The van der Waals surface area contributed by atoms with Crippen molar-refractivity contribution in [3.05, 3.63) is 12.3 Å². The van der Waals surface area contributed by atoms with Gasteiger partial charge in [0.05, 0.1) is 0 Å². The fourth-order valence-corrected chi connectivity index (χ4v) is 0.485. The first-order chi connectivity index (χ1) is 6.95. The van der Waals surface area contributed by atoms with Crippen molar-refractivity contribution < 1.29 is 0 Å². The zero-order valence-corrected chi connectivity index (χ0v) is 12.3. The molecule has 0 spiro atoms. The Morgan fingerprint density at radius 2 is 1.20 bits per heavy atom. The van der Waals surface area contributed by atoms with Gasteiger partial charge < -0.3 is 0 Å². The summed E-state index contributed by atoms with van der Waals surface area (Å²) in [6, 6.07) is 0. The molecule has 0 N–H and O–H groups in total. The molecule has 0 heterocycles. The second kappa shape index (κ2) is 13.4. The summed E-state index contributed by atoms with van der Waals surface area (Å²) in [7, 11) is 0. The maximum atomic E-state index is 4.40. The molecule has 0 aliphatic rings. The van der Waals surface area contributed by atoms with E-state index in [9.17, 15) is 0 Å². The van der Waals surface area contributed by atoms with Crippen LogP contribution in [0.15, 0.2) is 17.3 Å². The third-order valence-electron chi connectivity index (χ3n) is 1.82. The molecule has 92 valence electrons. The fourth-order valence-electron chi connectivity index (χ4n) is 0.485. The Bertz CT molecular complexity index is 164. The molecule has 0 saturated heterocycles. The Morgan fingerprint density at radius 1 is 0.867 bits per heavy atom. The molecule has 0 atom stereocenters. The third-order valence-corrected chi connectivity index (χ3v) is 1.82. The average molecular weight is 213 g/mol. The quantitative estimate of drug-likeness (QED) is 0.562. The highest BCUT2D eigenvalue weighted by atomic mass is 14.8. The highest BCUT2D eigenvalue weighted by molar-refractivity contribution is 5.84. The number of aliphatic imine (C=N–C) groups is 1. The lowest BCUT2D eigenvalue weighted by molar-refractivity contribution is 0.754. The van der Waals surface area contributed by atoms with Crippen molar-refractivity contribution in [1.82, 2.24) is 0 Å². The van der Waals surface area contributed by atoms with Gasteiger partial charge in [-0.1, -0.05) is 62.0 Å². The molecule has 0 amide bonds. The summed E-state index contributed by atoms with van der Waals surface area (Å²) in [5, 5.41) is 0. The maximum Gasteiger partial charge on any atom is 0.0356 e. The van der Waals surface area contributed by atoms with Crippen LogP contribution >= 0.6 is 0 Å². The van der Waals surface area contributed by atoms with Crippen molar-refractivity contribution in [2.24, 2.45) is 16.8 Å². The number of hydrogen-bond donors (Lipinski definition) is 0. The van der Waals surface area contributed by atoms with Crippen LogP contribution in [0.1, 0.15) is 62.3 Å². The van der Waals surface area contributed by atoms with Crippen LogP contribution in [0, 0.1) is 11.8 Å². The Hall–Kier alpha value is -0.590. The molecule has 0 aliphatic heterocycles. The molecule has 0 aromatic rings. The summed E-state index contributed by atoms with van der Waals surface area (Å²) in [6.45, 7) is 22.5. The maximum absolute atomic E-state index is 4.40. The Labute approximate surface area is 97.7 Å². The minimum atomic E-state index is 0.462. The van der Waals surface area contributed by atoms with Gasteiger partial charge in [0.15, 0.2) is 0 Å². The standard InChI is InChI=1S/C10H19N.2C2H6/c1-7(2)9(5)11-10(6)8(3)4;2*1-2/h7-8H,5H2,1-4,6H3;2*1-2H3. The predicted molar refractivity (Wildman–Crippen MR) is 74.6 cm³/mol. The van der Waals surface area contributed by atoms with Crippen LogP contribution < -0.4 is 0 Å². The molecule has 0 saturated carbocycles. The van der Waals surface area contributed by atoms with Crippen LogP contribution in [-0.2, 0) is 0 Å². The highest BCUT2D eigenvalue weighted by Crippen LogP contribution is 2.10. The monoisotopic (exact) mass is 213 g/mol. The van der Waals surface area contributed by atoms with E-state index in [1.807, 2.05) is 27.7 Å². The largest absolute Gasteiger partial charge is 0.263 e. The van der Waals surface area contributed by atoms with Crippen molar-refractivity contribution in [2.45, 2.75) is 62.3 Å². The molecule has 1 heteroatoms. The summed E-state index contributed by atoms with van der Waals surface area (Å²) in [6.07, 6.45) is 0. The van der Waals surface area contributed by atoms with Crippen molar-refractivity contribution in [3.8, 4) is 0 Å². The van der Waals surface area contributed by atoms with E-state index in [1.54, 1.807) is 0 Å². The van der Waals surface area contributed by atoms with Crippen LogP contribution in [0.4, 0.5) is 0 Å². The molecule has 0 fully saturated rings. The Kier molecular flexibility index (Phi) is 17.8. The zero-order chi connectivity index (χ0) is 13.0. The normalized spacial score (nSPS) is 10.2. The lowest BCUT2D eigenvalue weighted by Crippen LogP contribution is -2.03. The average Bonchev–Trinajstić information content (AvgIpc) is 2.23. The lowest BCUT2D eigenvalue weighted by atomic mass is 10.1. The molecule has 0 aromatic heterocycles. The van der Waals surface area contributed by atoms with Gasteiger partial charge in [-0.3, -0.25) is 4.99 Å². The first-order valence-corrected chi connectivity index (χ1v) is 6.19. The topological polar surface area (TPSA) is 12.4 Å². The fraction of sp³-hybridized carbons (Fsp3) is 0.786. The van der Waals surface area contributed by atoms with Crippen molar-refractivity contribution in [1.29, 1.82) is 0 Å². The molecule has 0 unspecified atom stereocenters. The van der Waals surface area contributed by atoms with E-state index in [0.717, 1.165) is 5.70 Å². The van der Waals surface area contributed by atoms with E-state index in [0.29, 0.717) is 11.8 Å². The SMILES string of the molecule is C=C(N=C(C)C(C)C)C(C)C.CC.CC. The minimum Gasteiger partial charge on any atom is -0.263 e. The van der Waals surface area contributed by atoms with Gasteiger partial charge in [0.1, 0.15) is 0 Å². The second-order valence-electron chi connectivity index (χ2n) is 3.55. The summed E-state index contributed by atoms with van der Waals surface area (Å²) in [4.78, 5) is 4.40. The summed E-state index contributed by atoms with van der Waals surface area (Å²) in [5.74, 6) is 0.995. The van der Waals surface area contributed by atoms with Gasteiger partial charge in [0.25, 0.3) is 0 Å². The van der Waals surface area contributed by atoms with Crippen LogP contribution in [0.25, 0.3) is 0 Å². The first-order valence-electron chi connectivity index (χ1n) is 6.19. The van der Waals surface area contributed by atoms with E-state index in [1.165, 1.54) is 5.71 Å². The first kappa shape index (κ1) is 19.9. The van der Waals surface area contributed by atoms with Crippen LogP contribution in [-0.4, -0.2) is 5.71 Å². The molecule has 0 aromatic carbocycles. The Morgan fingerprint density at radius 3 is 1.40 bits per heavy atom. The summed E-state index contributed by atoms with van der Waals surface area (Å²) < 4.78 is 0. The van der Waals surface area contributed by atoms with Crippen molar-refractivity contribution >= 4 is 5.71 Å². The van der Waals surface area contributed by atoms with E-state index < -0.39 is 0 Å². The molecule has 0 radical (unpaired) electrons. The van der Waals surface area contributed by atoms with Gasteiger partial charge in [0.2, 0.25) is 0 Å². The zero-order valence-electron chi connectivity index (χ0n) is 12.3. The third kappa shape index (κ3) is 13.4. The summed E-state index contributed by atoms with van der Waals surface area (Å²) in [5.41, 5.74) is 2.15. The molecule has 1 nitrogen and oxygen atoms in total. The number of nitrogens with zero attached hydrogens (tertiary/aromatic N) is 1. The van der Waals surface area contributed by atoms with E-state index in [-0.39, 0.29) is 0 Å². The van der Waals surface area contributed by atoms with Crippen molar-refractivity contribution in [2.75, 3.05) is 0 Å². The van der Waals surface area contributed by atoms with E-state index in [4.69, 9.17) is 0 Å². The molecule has 0 bridgehead atoms. The Balaban J connectivity index is -0.000000318. The van der Waals surface area contributed by atoms with Gasteiger partial charge in [0, 0.05) is 11.4 Å². The van der Waals surface area contributed by atoms with Gasteiger partial charge in [-0.15, -0.1) is 0 Å². The predicted octanol–water partition coefficient (Wildman–Crippen LogP) is 5.33.